The number of carbonyl (C=O) groups is 1. The van der Waals surface area contributed by atoms with Crippen LogP contribution in [0.1, 0.15) is 12.5 Å². The third-order valence-electron chi connectivity index (χ3n) is 3.23. The smallest absolute Gasteiger partial charge is 0.319 e. The Morgan fingerprint density at radius 2 is 2.28 bits per heavy atom. The van der Waals surface area contributed by atoms with Gasteiger partial charge in [0.25, 0.3) is 0 Å². The first kappa shape index (κ1) is 13.2. The van der Waals surface area contributed by atoms with Crippen LogP contribution >= 0.6 is 11.6 Å². The molecule has 0 bridgehead atoms. The molecular weight excluding hydrogens is 250 g/mol. The van der Waals surface area contributed by atoms with Gasteiger partial charge in [-0.05, 0) is 31.5 Å². The molecule has 2 rings (SSSR count). The molecule has 5 heteroatoms. The Morgan fingerprint density at radius 1 is 1.56 bits per heavy atom. The van der Waals surface area contributed by atoms with Crippen molar-refractivity contribution in [1.82, 2.24) is 10.2 Å². The predicted molar refractivity (Wildman–Crippen MR) is 74.2 cm³/mol. The summed E-state index contributed by atoms with van der Waals surface area (Å²) in [5.41, 5.74) is 1.74. The van der Waals surface area contributed by atoms with Gasteiger partial charge in [0, 0.05) is 30.3 Å². The van der Waals surface area contributed by atoms with Gasteiger partial charge in [0.05, 0.1) is 6.04 Å². The molecular formula is C13H18ClN3O. The van der Waals surface area contributed by atoms with Gasteiger partial charge in [-0.2, -0.15) is 0 Å². The Hall–Kier alpha value is -1.26. The third-order valence-corrected chi connectivity index (χ3v) is 3.63. The molecule has 0 aromatic heterocycles. The molecule has 1 saturated heterocycles. The molecule has 2 amide bonds. The molecule has 0 atom stereocenters. The van der Waals surface area contributed by atoms with Crippen molar-refractivity contribution in [3.05, 3.63) is 28.8 Å². The van der Waals surface area contributed by atoms with Crippen LogP contribution in [0.4, 0.5) is 10.5 Å². The van der Waals surface area contributed by atoms with Gasteiger partial charge < -0.3 is 15.5 Å². The summed E-state index contributed by atoms with van der Waals surface area (Å²) >= 11 is 6.04. The molecule has 0 unspecified atom stereocenters. The minimum absolute atomic E-state index is 0.0658. The Morgan fingerprint density at radius 3 is 2.78 bits per heavy atom. The third kappa shape index (κ3) is 2.76. The van der Waals surface area contributed by atoms with E-state index in [0.717, 1.165) is 24.3 Å². The molecule has 1 heterocycles. The summed E-state index contributed by atoms with van der Waals surface area (Å²) in [4.78, 5) is 14.0. The van der Waals surface area contributed by atoms with E-state index in [9.17, 15) is 4.79 Å². The van der Waals surface area contributed by atoms with Gasteiger partial charge >= 0.3 is 6.03 Å². The van der Waals surface area contributed by atoms with E-state index in [1.54, 1.807) is 6.07 Å². The van der Waals surface area contributed by atoms with Crippen molar-refractivity contribution in [3.8, 4) is 0 Å². The first-order valence-corrected chi connectivity index (χ1v) is 6.54. The van der Waals surface area contributed by atoms with Crippen LogP contribution in [0.3, 0.4) is 0 Å². The van der Waals surface area contributed by atoms with Crippen LogP contribution in [0.2, 0.25) is 5.02 Å². The van der Waals surface area contributed by atoms with E-state index < -0.39 is 0 Å². The van der Waals surface area contributed by atoms with Gasteiger partial charge in [-0.1, -0.05) is 17.7 Å². The number of benzene rings is 1. The number of nitrogens with one attached hydrogen (secondary N) is 2. The number of hydrogen-bond acceptors (Lipinski definition) is 2. The van der Waals surface area contributed by atoms with Crippen LogP contribution in [-0.2, 0) is 0 Å². The van der Waals surface area contributed by atoms with Gasteiger partial charge in [-0.3, -0.25) is 0 Å². The highest BCUT2D eigenvalue weighted by atomic mass is 35.5. The van der Waals surface area contributed by atoms with Crippen molar-refractivity contribution < 1.29 is 4.79 Å². The van der Waals surface area contributed by atoms with Crippen LogP contribution in [0.5, 0.6) is 0 Å². The quantitative estimate of drug-likeness (QED) is 0.884. The number of aryl methyl sites for hydroxylation is 1. The zero-order valence-electron chi connectivity index (χ0n) is 10.7. The minimum Gasteiger partial charge on any atom is -0.319 e. The van der Waals surface area contributed by atoms with Crippen molar-refractivity contribution in [1.29, 1.82) is 0 Å². The summed E-state index contributed by atoms with van der Waals surface area (Å²) in [7, 11) is 0. The van der Waals surface area contributed by atoms with Crippen LogP contribution in [0.15, 0.2) is 18.2 Å². The van der Waals surface area contributed by atoms with Crippen LogP contribution in [0, 0.1) is 6.92 Å². The fourth-order valence-electron chi connectivity index (χ4n) is 1.93. The van der Waals surface area contributed by atoms with E-state index in [0.29, 0.717) is 17.6 Å². The number of likely N-dealkylation sites (N-methyl/N-ethyl adjacent to an activating group) is 1. The number of rotatable bonds is 3. The monoisotopic (exact) mass is 267 g/mol. The zero-order valence-corrected chi connectivity index (χ0v) is 11.4. The molecule has 1 aliphatic rings. The molecule has 18 heavy (non-hydrogen) atoms. The fraction of sp³-hybridized carbons (Fsp3) is 0.462. The molecule has 1 aromatic rings. The Labute approximate surface area is 112 Å². The number of anilines is 1. The van der Waals surface area contributed by atoms with E-state index in [4.69, 9.17) is 11.6 Å². The molecule has 0 saturated carbocycles. The first-order valence-electron chi connectivity index (χ1n) is 6.16. The lowest BCUT2D eigenvalue weighted by Gasteiger charge is -2.37. The second-order valence-corrected chi connectivity index (χ2v) is 4.90. The molecule has 1 aliphatic heterocycles. The molecule has 0 spiro atoms. The lowest BCUT2D eigenvalue weighted by Crippen LogP contribution is -2.59. The highest BCUT2D eigenvalue weighted by Crippen LogP contribution is 2.20. The summed E-state index contributed by atoms with van der Waals surface area (Å²) < 4.78 is 0. The van der Waals surface area contributed by atoms with Crippen molar-refractivity contribution in [3.63, 3.8) is 0 Å². The summed E-state index contributed by atoms with van der Waals surface area (Å²) in [5, 5.41) is 6.72. The van der Waals surface area contributed by atoms with Crippen LogP contribution < -0.4 is 10.6 Å². The first-order chi connectivity index (χ1) is 8.61. The molecule has 98 valence electrons. The fourth-order valence-corrected chi connectivity index (χ4v) is 2.11. The van der Waals surface area contributed by atoms with E-state index in [1.807, 2.05) is 30.9 Å². The molecule has 2 N–H and O–H groups in total. The Balaban J connectivity index is 2.02. The predicted octanol–water partition coefficient (Wildman–Crippen LogP) is 2.47. The van der Waals surface area contributed by atoms with Crippen LogP contribution in [-0.4, -0.2) is 36.6 Å². The van der Waals surface area contributed by atoms with Gasteiger partial charge in [0.15, 0.2) is 0 Å². The maximum Gasteiger partial charge on any atom is 0.322 e. The second kappa shape index (κ2) is 5.59. The highest BCUT2D eigenvalue weighted by molar-refractivity contribution is 6.31. The van der Waals surface area contributed by atoms with E-state index >= 15 is 0 Å². The minimum atomic E-state index is -0.0658. The molecule has 4 nitrogen and oxygen atoms in total. The van der Waals surface area contributed by atoms with Crippen molar-refractivity contribution in [2.24, 2.45) is 0 Å². The van der Waals surface area contributed by atoms with E-state index in [2.05, 4.69) is 10.6 Å². The Kier molecular flexibility index (Phi) is 4.09. The molecule has 0 aliphatic carbocycles. The largest absolute Gasteiger partial charge is 0.322 e. The van der Waals surface area contributed by atoms with Gasteiger partial charge in [0.2, 0.25) is 0 Å². The lowest BCUT2D eigenvalue weighted by atomic mass is 10.1. The summed E-state index contributed by atoms with van der Waals surface area (Å²) in [6, 6.07) is 5.78. The van der Waals surface area contributed by atoms with E-state index in [-0.39, 0.29) is 6.03 Å². The van der Waals surface area contributed by atoms with Gasteiger partial charge in [-0.25, -0.2) is 4.79 Å². The van der Waals surface area contributed by atoms with Crippen molar-refractivity contribution in [2.45, 2.75) is 19.9 Å². The number of carbonyl (C=O) groups excluding carboxylic acids is 1. The summed E-state index contributed by atoms with van der Waals surface area (Å²) in [5.74, 6) is 0. The van der Waals surface area contributed by atoms with Crippen LogP contribution in [0.25, 0.3) is 0 Å². The average molecular weight is 268 g/mol. The average Bonchev–Trinajstić information content (AvgIpc) is 2.28. The number of hydrogen-bond donors (Lipinski definition) is 2. The number of nitrogens with zero attached hydrogens (tertiary/aromatic N) is 1. The summed E-state index contributed by atoms with van der Waals surface area (Å²) in [6.45, 7) is 6.37. The maximum atomic E-state index is 12.1. The highest BCUT2D eigenvalue weighted by Gasteiger charge is 2.27. The van der Waals surface area contributed by atoms with Gasteiger partial charge in [0.1, 0.15) is 0 Å². The van der Waals surface area contributed by atoms with Gasteiger partial charge in [-0.15, -0.1) is 0 Å². The number of halogens is 1. The number of urea groups is 1. The molecule has 1 fully saturated rings. The maximum absolute atomic E-state index is 12.1. The molecule has 0 radical (unpaired) electrons. The SMILES string of the molecule is CCN(C(=O)Nc1ccc(C)c(Cl)c1)C1CNC1. The topological polar surface area (TPSA) is 44.4 Å². The number of amides is 2. The second-order valence-electron chi connectivity index (χ2n) is 4.49. The van der Waals surface area contributed by atoms with Crippen molar-refractivity contribution in [2.75, 3.05) is 25.0 Å². The zero-order chi connectivity index (χ0) is 13.1. The normalized spacial score (nSPS) is 15.1. The van der Waals surface area contributed by atoms with Crippen molar-refractivity contribution >= 4 is 23.3 Å². The molecule has 1 aromatic carbocycles. The lowest BCUT2D eigenvalue weighted by molar-refractivity contribution is 0.165. The Bertz CT molecular complexity index is 446. The standard InChI is InChI=1S/C13H18ClN3O/c1-3-17(11-7-15-8-11)13(18)16-10-5-4-9(2)12(14)6-10/h4-6,11,15H,3,7-8H2,1-2H3,(H,16,18). The summed E-state index contributed by atoms with van der Waals surface area (Å²) in [6.07, 6.45) is 0. The van der Waals surface area contributed by atoms with E-state index in [1.165, 1.54) is 0 Å².